The fraction of sp³-hybridized carbons (Fsp3) is 0.611. The lowest BCUT2D eigenvalue weighted by Crippen LogP contribution is -2.36. The van der Waals surface area contributed by atoms with Crippen molar-refractivity contribution in [2.45, 2.75) is 39.0 Å². The number of nitrogens with one attached hydrogen (secondary N) is 2. The molecule has 1 saturated heterocycles. The lowest BCUT2D eigenvalue weighted by Gasteiger charge is -2.35. The van der Waals surface area contributed by atoms with Crippen molar-refractivity contribution in [2.75, 3.05) is 42.6 Å². The van der Waals surface area contributed by atoms with Gasteiger partial charge in [0.15, 0.2) is 0 Å². The number of piperidine rings is 1. The Morgan fingerprint density at radius 2 is 1.96 bits per heavy atom. The summed E-state index contributed by atoms with van der Waals surface area (Å²) < 4.78 is 0. The molecule has 0 radical (unpaired) electrons. The standard InChI is InChI=1S/C18H28N4O/c1-3-8-21-17(23)13-11-14(19)15(20-2)12-16(13)22-9-6-18(4-5-18)7-10-22/h11-12,20H,3-10,19H2,1-2H3,(H,21,23). The summed E-state index contributed by atoms with van der Waals surface area (Å²) in [4.78, 5) is 14.9. The van der Waals surface area contributed by atoms with Gasteiger partial charge in [-0.25, -0.2) is 0 Å². The van der Waals surface area contributed by atoms with Crippen molar-refractivity contribution in [3.05, 3.63) is 17.7 Å². The average Bonchev–Trinajstić information content (AvgIpc) is 3.32. The second-order valence-corrected chi connectivity index (χ2v) is 6.95. The van der Waals surface area contributed by atoms with E-state index in [0.29, 0.717) is 23.2 Å². The van der Waals surface area contributed by atoms with E-state index in [9.17, 15) is 4.79 Å². The van der Waals surface area contributed by atoms with E-state index in [1.54, 1.807) is 0 Å². The first-order chi connectivity index (χ1) is 11.1. The number of benzene rings is 1. The van der Waals surface area contributed by atoms with Gasteiger partial charge in [0, 0.05) is 26.7 Å². The Balaban J connectivity index is 1.87. The van der Waals surface area contributed by atoms with Gasteiger partial charge < -0.3 is 21.3 Å². The minimum atomic E-state index is -0.0251. The number of nitrogen functional groups attached to an aromatic ring is 1. The Kier molecular flexibility index (Phi) is 4.37. The Bertz CT molecular complexity index is 585. The van der Waals surface area contributed by atoms with Crippen LogP contribution < -0.4 is 21.3 Å². The van der Waals surface area contributed by atoms with E-state index >= 15 is 0 Å². The molecule has 23 heavy (non-hydrogen) atoms. The van der Waals surface area contributed by atoms with Gasteiger partial charge in [-0.15, -0.1) is 0 Å². The molecule has 0 atom stereocenters. The van der Waals surface area contributed by atoms with Gasteiger partial charge >= 0.3 is 0 Å². The summed E-state index contributed by atoms with van der Waals surface area (Å²) >= 11 is 0. The smallest absolute Gasteiger partial charge is 0.253 e. The maximum Gasteiger partial charge on any atom is 0.253 e. The summed E-state index contributed by atoms with van der Waals surface area (Å²) in [5.41, 5.74) is 9.92. The third-order valence-electron chi connectivity index (χ3n) is 5.34. The van der Waals surface area contributed by atoms with Crippen LogP contribution >= 0.6 is 0 Å². The molecule has 0 unspecified atom stereocenters. The molecule has 0 bridgehead atoms. The molecule has 1 heterocycles. The zero-order valence-corrected chi connectivity index (χ0v) is 14.2. The van der Waals surface area contributed by atoms with Gasteiger partial charge in [0.2, 0.25) is 0 Å². The lowest BCUT2D eigenvalue weighted by molar-refractivity contribution is 0.0954. The van der Waals surface area contributed by atoms with Crippen LogP contribution in [0.3, 0.4) is 0 Å². The summed E-state index contributed by atoms with van der Waals surface area (Å²) in [7, 11) is 1.86. The van der Waals surface area contributed by atoms with Crippen LogP contribution in [0.15, 0.2) is 12.1 Å². The van der Waals surface area contributed by atoms with Crippen molar-refractivity contribution < 1.29 is 4.79 Å². The van der Waals surface area contributed by atoms with E-state index < -0.39 is 0 Å². The third kappa shape index (κ3) is 3.23. The van der Waals surface area contributed by atoms with Crippen LogP contribution in [-0.4, -0.2) is 32.6 Å². The highest BCUT2D eigenvalue weighted by atomic mass is 16.1. The molecule has 1 saturated carbocycles. The zero-order valence-electron chi connectivity index (χ0n) is 14.2. The zero-order chi connectivity index (χ0) is 16.4. The first-order valence-electron chi connectivity index (χ1n) is 8.73. The summed E-state index contributed by atoms with van der Waals surface area (Å²) in [5.74, 6) is -0.0251. The summed E-state index contributed by atoms with van der Waals surface area (Å²) in [5, 5.41) is 6.11. The molecule has 1 spiro atoms. The molecule has 1 aliphatic carbocycles. The highest BCUT2D eigenvalue weighted by Gasteiger charge is 2.44. The van der Waals surface area contributed by atoms with Crippen molar-refractivity contribution >= 4 is 23.0 Å². The van der Waals surface area contributed by atoms with Gasteiger partial charge in [-0.3, -0.25) is 4.79 Å². The first kappa shape index (κ1) is 16.0. The highest BCUT2D eigenvalue weighted by Crippen LogP contribution is 2.54. The van der Waals surface area contributed by atoms with E-state index in [2.05, 4.69) is 22.5 Å². The topological polar surface area (TPSA) is 70.4 Å². The third-order valence-corrected chi connectivity index (χ3v) is 5.34. The Labute approximate surface area is 138 Å². The maximum atomic E-state index is 12.5. The highest BCUT2D eigenvalue weighted by molar-refractivity contribution is 6.02. The van der Waals surface area contributed by atoms with Crippen molar-refractivity contribution in [1.29, 1.82) is 0 Å². The van der Waals surface area contributed by atoms with Crippen molar-refractivity contribution in [3.8, 4) is 0 Å². The Hall–Kier alpha value is -1.91. The Morgan fingerprint density at radius 1 is 1.26 bits per heavy atom. The van der Waals surface area contributed by atoms with Crippen LogP contribution in [-0.2, 0) is 0 Å². The molecule has 3 rings (SSSR count). The van der Waals surface area contributed by atoms with Crippen molar-refractivity contribution in [1.82, 2.24) is 5.32 Å². The number of nitrogens with zero attached hydrogens (tertiary/aromatic N) is 1. The van der Waals surface area contributed by atoms with Gasteiger partial charge in [0.05, 0.1) is 22.6 Å². The van der Waals surface area contributed by atoms with Gasteiger partial charge in [-0.1, -0.05) is 6.92 Å². The van der Waals surface area contributed by atoms with Crippen molar-refractivity contribution in [2.24, 2.45) is 5.41 Å². The molecule has 1 aromatic rings. The van der Waals surface area contributed by atoms with Crippen molar-refractivity contribution in [3.63, 3.8) is 0 Å². The molecular weight excluding hydrogens is 288 g/mol. The molecule has 2 aliphatic rings. The van der Waals surface area contributed by atoms with E-state index in [1.807, 2.05) is 19.2 Å². The van der Waals surface area contributed by atoms with E-state index in [1.165, 1.54) is 25.7 Å². The molecule has 5 heteroatoms. The molecule has 0 aromatic heterocycles. The SMILES string of the molecule is CCCNC(=O)c1cc(N)c(NC)cc1N1CCC2(CC1)CC2. The lowest BCUT2D eigenvalue weighted by atomic mass is 9.93. The average molecular weight is 316 g/mol. The van der Waals surface area contributed by atoms with E-state index in [-0.39, 0.29) is 5.91 Å². The van der Waals surface area contributed by atoms with Gasteiger partial charge in [0.25, 0.3) is 5.91 Å². The number of anilines is 3. The normalized spacial score (nSPS) is 18.8. The van der Waals surface area contributed by atoms with Crippen LogP contribution in [0.1, 0.15) is 49.4 Å². The number of amides is 1. The number of carbonyl (C=O) groups is 1. The molecule has 126 valence electrons. The molecule has 4 N–H and O–H groups in total. The molecule has 5 nitrogen and oxygen atoms in total. The monoisotopic (exact) mass is 316 g/mol. The molecule has 1 amide bonds. The second kappa shape index (κ2) is 6.30. The fourth-order valence-electron chi connectivity index (χ4n) is 3.50. The van der Waals surface area contributed by atoms with Crippen LogP contribution in [0.4, 0.5) is 17.1 Å². The summed E-state index contributed by atoms with van der Waals surface area (Å²) in [6.07, 6.45) is 6.17. The minimum absolute atomic E-state index is 0.0251. The van der Waals surface area contributed by atoms with E-state index in [4.69, 9.17) is 5.73 Å². The number of hydrogen-bond donors (Lipinski definition) is 3. The number of carbonyl (C=O) groups excluding carboxylic acids is 1. The van der Waals surface area contributed by atoms with Crippen LogP contribution in [0.5, 0.6) is 0 Å². The maximum absolute atomic E-state index is 12.5. The summed E-state index contributed by atoms with van der Waals surface area (Å²) in [6.45, 7) is 4.80. The molecule has 1 aromatic carbocycles. The van der Waals surface area contributed by atoms with Gasteiger partial charge in [0.1, 0.15) is 0 Å². The van der Waals surface area contributed by atoms with Crippen LogP contribution in [0, 0.1) is 5.41 Å². The predicted octanol–water partition coefficient (Wildman–Crippen LogP) is 2.83. The minimum Gasteiger partial charge on any atom is -0.397 e. The van der Waals surface area contributed by atoms with Gasteiger partial charge in [-0.05, 0) is 49.7 Å². The number of hydrogen-bond acceptors (Lipinski definition) is 4. The fourth-order valence-corrected chi connectivity index (χ4v) is 3.50. The van der Waals surface area contributed by atoms with Gasteiger partial charge in [-0.2, -0.15) is 0 Å². The quantitative estimate of drug-likeness (QED) is 0.731. The molecule has 2 fully saturated rings. The first-order valence-corrected chi connectivity index (χ1v) is 8.73. The second-order valence-electron chi connectivity index (χ2n) is 6.95. The van der Waals surface area contributed by atoms with Crippen LogP contribution in [0.2, 0.25) is 0 Å². The van der Waals surface area contributed by atoms with E-state index in [0.717, 1.165) is 30.9 Å². The summed E-state index contributed by atoms with van der Waals surface area (Å²) in [6, 6.07) is 3.84. The Morgan fingerprint density at radius 3 is 2.52 bits per heavy atom. The number of nitrogens with two attached hydrogens (primary N) is 1. The molecular formula is C18H28N4O. The largest absolute Gasteiger partial charge is 0.397 e. The molecule has 1 aliphatic heterocycles. The number of rotatable bonds is 5. The predicted molar refractivity (Wildman–Crippen MR) is 96.1 cm³/mol. The van der Waals surface area contributed by atoms with Crippen LogP contribution in [0.25, 0.3) is 0 Å².